The molecule has 0 aliphatic carbocycles. The zero-order valence-electron chi connectivity index (χ0n) is 11.7. The van der Waals surface area contributed by atoms with E-state index in [-0.39, 0.29) is 43.3 Å². The first-order chi connectivity index (χ1) is 9.40. The van der Waals surface area contributed by atoms with Crippen molar-refractivity contribution in [3.8, 4) is 0 Å². The first-order valence-corrected chi connectivity index (χ1v) is 6.82. The largest absolute Gasteiger partial charge is 0.479 e. The SMILES string of the molecule is CC(C)N1C[C@@H](C(=O)N2CCO[C@@H](C(=O)O)C2)CC1=O. The summed E-state index contributed by atoms with van der Waals surface area (Å²) in [4.78, 5) is 38.3. The van der Waals surface area contributed by atoms with E-state index in [1.165, 1.54) is 4.90 Å². The van der Waals surface area contributed by atoms with E-state index in [1.807, 2.05) is 13.8 Å². The van der Waals surface area contributed by atoms with Crippen molar-refractivity contribution in [1.82, 2.24) is 9.80 Å². The summed E-state index contributed by atoms with van der Waals surface area (Å²) in [5, 5.41) is 8.93. The quantitative estimate of drug-likeness (QED) is 0.759. The molecule has 2 atom stereocenters. The molecule has 2 saturated heterocycles. The maximum absolute atomic E-state index is 12.4. The van der Waals surface area contributed by atoms with Gasteiger partial charge < -0.3 is 19.6 Å². The molecule has 1 N–H and O–H groups in total. The second kappa shape index (κ2) is 5.78. The van der Waals surface area contributed by atoms with Gasteiger partial charge in [0.05, 0.1) is 19.1 Å². The van der Waals surface area contributed by atoms with Crippen molar-refractivity contribution in [2.45, 2.75) is 32.4 Å². The summed E-state index contributed by atoms with van der Waals surface area (Å²) in [7, 11) is 0. The molecule has 0 radical (unpaired) electrons. The number of carbonyl (C=O) groups is 3. The van der Waals surface area contributed by atoms with Crippen LogP contribution < -0.4 is 0 Å². The van der Waals surface area contributed by atoms with Crippen LogP contribution in [0.3, 0.4) is 0 Å². The van der Waals surface area contributed by atoms with Gasteiger partial charge in [-0.25, -0.2) is 4.79 Å². The van der Waals surface area contributed by atoms with E-state index >= 15 is 0 Å². The number of ether oxygens (including phenoxy) is 1. The molecule has 112 valence electrons. The Balaban J connectivity index is 1.98. The normalized spacial score (nSPS) is 27.2. The Hall–Kier alpha value is -1.63. The minimum atomic E-state index is -1.06. The lowest BCUT2D eigenvalue weighted by Gasteiger charge is -2.32. The van der Waals surface area contributed by atoms with Crippen LogP contribution in [0.5, 0.6) is 0 Å². The topological polar surface area (TPSA) is 87.2 Å². The Kier molecular flexibility index (Phi) is 4.27. The van der Waals surface area contributed by atoms with Gasteiger partial charge in [0.2, 0.25) is 11.8 Å². The van der Waals surface area contributed by atoms with Crippen molar-refractivity contribution < 1.29 is 24.2 Å². The number of carboxylic acid groups (broad SMARTS) is 1. The predicted molar refractivity (Wildman–Crippen MR) is 68.9 cm³/mol. The van der Waals surface area contributed by atoms with Crippen molar-refractivity contribution in [2.75, 3.05) is 26.2 Å². The molecule has 2 heterocycles. The number of morpholine rings is 1. The Labute approximate surface area is 117 Å². The van der Waals surface area contributed by atoms with E-state index < -0.39 is 12.1 Å². The van der Waals surface area contributed by atoms with Gasteiger partial charge in [0.1, 0.15) is 0 Å². The van der Waals surface area contributed by atoms with Crippen molar-refractivity contribution in [2.24, 2.45) is 5.92 Å². The summed E-state index contributed by atoms with van der Waals surface area (Å²) in [6, 6.07) is 0.0803. The average molecular weight is 284 g/mol. The van der Waals surface area contributed by atoms with Crippen molar-refractivity contribution >= 4 is 17.8 Å². The van der Waals surface area contributed by atoms with Gasteiger partial charge in [-0.15, -0.1) is 0 Å². The molecule has 0 bridgehead atoms. The minimum absolute atomic E-state index is 0.0126. The smallest absolute Gasteiger partial charge is 0.334 e. The molecule has 2 aliphatic heterocycles. The van der Waals surface area contributed by atoms with Crippen LogP contribution >= 0.6 is 0 Å². The fraction of sp³-hybridized carbons (Fsp3) is 0.769. The van der Waals surface area contributed by atoms with Crippen LogP contribution in [-0.2, 0) is 19.1 Å². The summed E-state index contributed by atoms with van der Waals surface area (Å²) >= 11 is 0. The third-order valence-corrected chi connectivity index (χ3v) is 3.78. The highest BCUT2D eigenvalue weighted by Crippen LogP contribution is 2.23. The van der Waals surface area contributed by atoms with Crippen LogP contribution in [0.25, 0.3) is 0 Å². The van der Waals surface area contributed by atoms with Crippen LogP contribution in [0, 0.1) is 5.92 Å². The summed E-state index contributed by atoms with van der Waals surface area (Å²) in [6.45, 7) is 4.91. The first-order valence-electron chi connectivity index (χ1n) is 6.82. The van der Waals surface area contributed by atoms with E-state index in [2.05, 4.69) is 0 Å². The molecule has 0 unspecified atom stereocenters. The molecule has 0 spiro atoms. The van der Waals surface area contributed by atoms with E-state index in [0.29, 0.717) is 13.1 Å². The van der Waals surface area contributed by atoms with Crippen LogP contribution in [0.4, 0.5) is 0 Å². The van der Waals surface area contributed by atoms with Gasteiger partial charge in [0.25, 0.3) is 0 Å². The van der Waals surface area contributed by atoms with Gasteiger partial charge in [-0.1, -0.05) is 0 Å². The Morgan fingerprint density at radius 2 is 2.05 bits per heavy atom. The maximum Gasteiger partial charge on any atom is 0.334 e. The molecule has 7 nitrogen and oxygen atoms in total. The van der Waals surface area contributed by atoms with Crippen LogP contribution in [-0.4, -0.2) is 71.1 Å². The summed E-state index contributed by atoms with van der Waals surface area (Å²) in [6.07, 6.45) is -0.752. The van der Waals surface area contributed by atoms with E-state index in [4.69, 9.17) is 9.84 Å². The maximum atomic E-state index is 12.4. The number of rotatable bonds is 3. The molecule has 0 aromatic rings. The Morgan fingerprint density at radius 3 is 2.60 bits per heavy atom. The monoisotopic (exact) mass is 284 g/mol. The highest BCUT2D eigenvalue weighted by atomic mass is 16.5. The van der Waals surface area contributed by atoms with E-state index in [9.17, 15) is 14.4 Å². The highest BCUT2D eigenvalue weighted by molar-refractivity contribution is 5.89. The summed E-state index contributed by atoms with van der Waals surface area (Å²) in [5.74, 6) is -1.58. The van der Waals surface area contributed by atoms with Gasteiger partial charge in [0.15, 0.2) is 6.10 Å². The molecular formula is C13H20N2O5. The number of carboxylic acids is 1. The Morgan fingerprint density at radius 1 is 1.35 bits per heavy atom. The molecule has 0 saturated carbocycles. The zero-order chi connectivity index (χ0) is 14.9. The lowest BCUT2D eigenvalue weighted by atomic mass is 10.1. The first kappa shape index (κ1) is 14.8. The molecule has 2 rings (SSSR count). The predicted octanol–water partition coefficient (Wildman–Crippen LogP) is -0.445. The number of nitrogens with zero attached hydrogens (tertiary/aromatic N) is 2. The number of hydrogen-bond donors (Lipinski definition) is 1. The number of aliphatic carboxylic acids is 1. The van der Waals surface area contributed by atoms with E-state index in [1.54, 1.807) is 4.90 Å². The van der Waals surface area contributed by atoms with Crippen molar-refractivity contribution in [3.63, 3.8) is 0 Å². The van der Waals surface area contributed by atoms with Gasteiger partial charge in [-0.05, 0) is 13.8 Å². The van der Waals surface area contributed by atoms with Crippen LogP contribution in [0.15, 0.2) is 0 Å². The molecule has 20 heavy (non-hydrogen) atoms. The molecule has 2 fully saturated rings. The molecule has 0 aromatic heterocycles. The average Bonchev–Trinajstić information content (AvgIpc) is 2.80. The lowest BCUT2D eigenvalue weighted by Crippen LogP contribution is -2.50. The van der Waals surface area contributed by atoms with Gasteiger partial charge >= 0.3 is 5.97 Å². The second-order valence-electron chi connectivity index (χ2n) is 5.52. The zero-order valence-corrected chi connectivity index (χ0v) is 11.7. The van der Waals surface area contributed by atoms with Gasteiger partial charge in [0, 0.05) is 25.6 Å². The van der Waals surface area contributed by atoms with Gasteiger partial charge in [-0.2, -0.15) is 0 Å². The highest BCUT2D eigenvalue weighted by Gasteiger charge is 2.39. The standard InChI is InChI=1S/C13H20N2O5/c1-8(2)15-6-9(5-11(15)16)12(17)14-3-4-20-10(7-14)13(18)19/h8-10H,3-7H2,1-2H3,(H,18,19)/t9-,10+/m0/s1. The fourth-order valence-corrected chi connectivity index (χ4v) is 2.65. The molecule has 2 amide bonds. The summed E-state index contributed by atoms with van der Waals surface area (Å²) < 4.78 is 5.09. The fourth-order valence-electron chi connectivity index (χ4n) is 2.65. The Bertz CT molecular complexity index is 423. The number of amides is 2. The number of carbonyl (C=O) groups excluding carboxylic acids is 2. The van der Waals surface area contributed by atoms with Crippen LogP contribution in [0.1, 0.15) is 20.3 Å². The lowest BCUT2D eigenvalue weighted by molar-refractivity contribution is -0.160. The third kappa shape index (κ3) is 2.92. The van der Waals surface area contributed by atoms with E-state index in [0.717, 1.165) is 0 Å². The molecular weight excluding hydrogens is 264 g/mol. The molecule has 7 heteroatoms. The van der Waals surface area contributed by atoms with Gasteiger partial charge in [-0.3, -0.25) is 9.59 Å². The molecule has 0 aromatic carbocycles. The number of likely N-dealkylation sites (tertiary alicyclic amines) is 1. The van der Waals surface area contributed by atoms with Crippen molar-refractivity contribution in [1.29, 1.82) is 0 Å². The second-order valence-corrected chi connectivity index (χ2v) is 5.52. The summed E-state index contributed by atoms with van der Waals surface area (Å²) in [5.41, 5.74) is 0. The minimum Gasteiger partial charge on any atom is -0.479 e. The number of hydrogen-bond acceptors (Lipinski definition) is 4. The van der Waals surface area contributed by atoms with Crippen molar-refractivity contribution in [3.05, 3.63) is 0 Å². The van der Waals surface area contributed by atoms with Crippen LogP contribution in [0.2, 0.25) is 0 Å². The molecule has 2 aliphatic rings. The third-order valence-electron chi connectivity index (χ3n) is 3.78.